The Hall–Kier alpha value is -4.13. The first-order valence-electron chi connectivity index (χ1n) is 10.9. The molecule has 0 bridgehead atoms. The normalized spacial score (nSPS) is 10.3. The van der Waals surface area contributed by atoms with Crippen molar-refractivity contribution in [1.82, 2.24) is 0 Å². The Labute approximate surface area is 193 Å². The monoisotopic (exact) mass is 444 g/mol. The lowest BCUT2D eigenvalue weighted by Crippen LogP contribution is -2.15. The molecule has 0 aliphatic rings. The average molecular weight is 445 g/mol. The summed E-state index contributed by atoms with van der Waals surface area (Å²) in [4.78, 5) is 36.3. The number of benzene rings is 3. The third-order valence-corrected chi connectivity index (χ3v) is 4.95. The van der Waals surface area contributed by atoms with Crippen LogP contribution in [0.3, 0.4) is 0 Å². The summed E-state index contributed by atoms with van der Waals surface area (Å²) in [6.45, 7) is 0. The second-order valence-corrected chi connectivity index (χ2v) is 7.68. The van der Waals surface area contributed by atoms with Crippen LogP contribution in [0.1, 0.15) is 31.2 Å². The Balaban J connectivity index is 1.35. The molecule has 3 aromatic carbocycles. The van der Waals surface area contributed by atoms with Gasteiger partial charge >= 0.3 is 0 Å². The van der Waals surface area contributed by atoms with Crippen LogP contribution in [0, 0.1) is 0 Å². The van der Waals surface area contributed by atoms with Crippen molar-refractivity contribution in [3.63, 3.8) is 0 Å². The predicted octanol–water partition coefficient (Wildman–Crippen LogP) is 4.59. The second kappa shape index (κ2) is 12.0. The Morgan fingerprint density at radius 2 is 1.15 bits per heavy atom. The molecular weight excluding hydrogens is 416 g/mol. The van der Waals surface area contributed by atoms with Crippen LogP contribution in [0.25, 0.3) is 0 Å². The van der Waals surface area contributed by atoms with E-state index in [0.29, 0.717) is 42.7 Å². The molecule has 7 heteroatoms. The molecule has 0 atom stereocenters. The number of anilines is 4. The molecule has 33 heavy (non-hydrogen) atoms. The molecule has 0 aliphatic heterocycles. The van der Waals surface area contributed by atoms with Gasteiger partial charge in [-0.2, -0.15) is 0 Å². The highest BCUT2D eigenvalue weighted by molar-refractivity contribution is 5.95. The number of nitrogens with one attached hydrogen (secondary N) is 3. The average Bonchev–Trinajstić information content (AvgIpc) is 2.80. The fourth-order valence-corrected chi connectivity index (χ4v) is 3.24. The van der Waals surface area contributed by atoms with Crippen molar-refractivity contribution >= 4 is 40.5 Å². The zero-order valence-corrected chi connectivity index (χ0v) is 18.3. The highest BCUT2D eigenvalue weighted by Gasteiger charge is 2.08. The molecule has 0 aromatic heterocycles. The summed E-state index contributed by atoms with van der Waals surface area (Å²) in [5.41, 5.74) is 9.20. The summed E-state index contributed by atoms with van der Waals surface area (Å²) >= 11 is 0. The number of rotatable bonds is 10. The van der Waals surface area contributed by atoms with Gasteiger partial charge in [-0.05, 0) is 54.8 Å². The Kier molecular flexibility index (Phi) is 8.59. The molecule has 3 rings (SSSR count). The summed E-state index contributed by atoms with van der Waals surface area (Å²) in [5.74, 6) is -0.333. The van der Waals surface area contributed by atoms with E-state index in [0.717, 1.165) is 11.3 Å². The van der Waals surface area contributed by atoms with Crippen LogP contribution in [-0.2, 0) is 20.8 Å². The first-order valence-corrected chi connectivity index (χ1v) is 10.9. The van der Waals surface area contributed by atoms with Gasteiger partial charge in [-0.15, -0.1) is 0 Å². The van der Waals surface area contributed by atoms with Crippen LogP contribution in [0.15, 0.2) is 78.9 Å². The maximum Gasteiger partial charge on any atom is 0.228 e. The third kappa shape index (κ3) is 8.14. The molecule has 7 nitrogen and oxygen atoms in total. The summed E-state index contributed by atoms with van der Waals surface area (Å²) < 4.78 is 0. The van der Waals surface area contributed by atoms with Crippen LogP contribution < -0.4 is 21.7 Å². The highest BCUT2D eigenvalue weighted by Crippen LogP contribution is 2.18. The molecule has 0 aliphatic carbocycles. The molecule has 3 amide bonds. The number of unbranched alkanes of at least 4 members (excludes halogenated alkanes) is 1. The highest BCUT2D eigenvalue weighted by atomic mass is 16.2. The van der Waals surface area contributed by atoms with Gasteiger partial charge in [0.05, 0.1) is 17.8 Å². The van der Waals surface area contributed by atoms with E-state index in [4.69, 9.17) is 5.73 Å². The van der Waals surface area contributed by atoms with Crippen LogP contribution in [0.4, 0.5) is 22.7 Å². The van der Waals surface area contributed by atoms with Gasteiger partial charge < -0.3 is 21.7 Å². The van der Waals surface area contributed by atoms with Crippen molar-refractivity contribution < 1.29 is 14.4 Å². The SMILES string of the molecule is Nc1ccccc1NC(=O)Cc1ccc(NC(=O)CCCCC(=O)Nc2ccccc2)cc1. The van der Waals surface area contributed by atoms with Crippen molar-refractivity contribution in [2.45, 2.75) is 32.1 Å². The molecule has 3 aromatic rings. The quantitative estimate of drug-likeness (QED) is 0.271. The van der Waals surface area contributed by atoms with E-state index in [1.165, 1.54) is 0 Å². The predicted molar refractivity (Wildman–Crippen MR) is 132 cm³/mol. The molecule has 170 valence electrons. The second-order valence-electron chi connectivity index (χ2n) is 7.68. The van der Waals surface area contributed by atoms with E-state index in [9.17, 15) is 14.4 Å². The van der Waals surface area contributed by atoms with Gasteiger partial charge in [0.2, 0.25) is 17.7 Å². The van der Waals surface area contributed by atoms with Crippen molar-refractivity contribution in [3.8, 4) is 0 Å². The van der Waals surface area contributed by atoms with E-state index in [2.05, 4.69) is 16.0 Å². The molecule has 0 heterocycles. The Bertz CT molecular complexity index is 1080. The van der Waals surface area contributed by atoms with Gasteiger partial charge in [-0.1, -0.05) is 42.5 Å². The van der Waals surface area contributed by atoms with Gasteiger partial charge in [0.25, 0.3) is 0 Å². The van der Waals surface area contributed by atoms with Crippen LogP contribution in [0.5, 0.6) is 0 Å². The summed E-state index contributed by atoms with van der Waals surface area (Å²) in [5, 5.41) is 8.47. The van der Waals surface area contributed by atoms with E-state index >= 15 is 0 Å². The van der Waals surface area contributed by atoms with Gasteiger partial charge in [0.1, 0.15) is 0 Å². The zero-order valence-electron chi connectivity index (χ0n) is 18.3. The lowest BCUT2D eigenvalue weighted by atomic mass is 10.1. The van der Waals surface area contributed by atoms with Crippen LogP contribution in [-0.4, -0.2) is 17.7 Å². The molecule has 0 spiro atoms. The van der Waals surface area contributed by atoms with Gasteiger partial charge in [0.15, 0.2) is 0 Å². The molecule has 0 saturated heterocycles. The lowest BCUT2D eigenvalue weighted by molar-refractivity contribution is -0.118. The number of nitrogens with two attached hydrogens (primary N) is 1. The minimum Gasteiger partial charge on any atom is -0.397 e. The maximum absolute atomic E-state index is 12.2. The first-order chi connectivity index (χ1) is 16.0. The number of para-hydroxylation sites is 3. The largest absolute Gasteiger partial charge is 0.397 e. The number of nitrogen functional groups attached to an aromatic ring is 1. The van der Waals surface area contributed by atoms with E-state index < -0.39 is 0 Å². The number of carbonyl (C=O) groups excluding carboxylic acids is 3. The van der Waals surface area contributed by atoms with Crippen molar-refractivity contribution in [2.75, 3.05) is 21.7 Å². The van der Waals surface area contributed by atoms with Gasteiger partial charge in [0, 0.05) is 24.2 Å². The summed E-state index contributed by atoms with van der Waals surface area (Å²) in [6.07, 6.45) is 2.16. The molecule has 0 fully saturated rings. The number of hydrogen-bond acceptors (Lipinski definition) is 4. The molecule has 0 saturated carbocycles. The molecular formula is C26H28N4O3. The number of amides is 3. The molecule has 5 N–H and O–H groups in total. The first kappa shape index (κ1) is 23.5. The van der Waals surface area contributed by atoms with Crippen molar-refractivity contribution in [3.05, 3.63) is 84.4 Å². The third-order valence-electron chi connectivity index (χ3n) is 4.95. The van der Waals surface area contributed by atoms with Crippen molar-refractivity contribution in [2.24, 2.45) is 0 Å². The fraction of sp³-hybridized carbons (Fsp3) is 0.192. The minimum absolute atomic E-state index is 0.0591. The maximum atomic E-state index is 12.2. The Morgan fingerprint density at radius 1 is 0.606 bits per heavy atom. The number of hydrogen-bond donors (Lipinski definition) is 4. The van der Waals surface area contributed by atoms with E-state index in [1.807, 2.05) is 36.4 Å². The van der Waals surface area contributed by atoms with Crippen LogP contribution >= 0.6 is 0 Å². The van der Waals surface area contributed by atoms with Gasteiger partial charge in [-0.3, -0.25) is 14.4 Å². The standard InChI is InChI=1S/C26H28N4O3/c27-22-10-4-5-11-23(22)30-26(33)18-19-14-16-21(17-15-19)29-25(32)13-7-6-12-24(31)28-20-8-2-1-3-9-20/h1-5,8-11,14-17H,6-7,12-13,18,27H2,(H,28,31)(H,29,32)(H,30,33). The summed E-state index contributed by atoms with van der Waals surface area (Å²) in [7, 11) is 0. The molecule has 0 radical (unpaired) electrons. The number of carbonyl (C=O) groups is 3. The fourth-order valence-electron chi connectivity index (χ4n) is 3.24. The van der Waals surface area contributed by atoms with Crippen LogP contribution in [0.2, 0.25) is 0 Å². The van der Waals surface area contributed by atoms with Crippen molar-refractivity contribution in [1.29, 1.82) is 0 Å². The summed E-state index contributed by atoms with van der Waals surface area (Å²) in [6, 6.07) is 23.5. The smallest absolute Gasteiger partial charge is 0.228 e. The lowest BCUT2D eigenvalue weighted by Gasteiger charge is -2.09. The minimum atomic E-state index is -0.166. The molecule has 0 unspecified atom stereocenters. The van der Waals surface area contributed by atoms with Gasteiger partial charge in [-0.25, -0.2) is 0 Å². The zero-order chi connectivity index (χ0) is 23.5. The van der Waals surface area contributed by atoms with E-state index in [1.54, 1.807) is 42.5 Å². The topological polar surface area (TPSA) is 113 Å². The van der Waals surface area contributed by atoms with E-state index in [-0.39, 0.29) is 24.1 Å². The Morgan fingerprint density at radius 3 is 1.76 bits per heavy atom.